The number of halogens is 4. The summed E-state index contributed by atoms with van der Waals surface area (Å²) < 4.78 is 38.6. The highest BCUT2D eigenvalue weighted by molar-refractivity contribution is 6.33. The van der Waals surface area contributed by atoms with Gasteiger partial charge in [-0.1, -0.05) is 24.4 Å². The molecular formula is C18H17ClF3N3O. The Hall–Kier alpha value is -2.28. The van der Waals surface area contributed by atoms with Gasteiger partial charge in [-0.2, -0.15) is 13.2 Å². The summed E-state index contributed by atoms with van der Waals surface area (Å²) in [7, 11) is 0. The number of aromatic nitrogens is 1. The molecule has 0 radical (unpaired) electrons. The second kappa shape index (κ2) is 7.53. The van der Waals surface area contributed by atoms with Gasteiger partial charge in [0.1, 0.15) is 0 Å². The molecule has 3 rings (SSSR count). The van der Waals surface area contributed by atoms with Crippen molar-refractivity contribution >= 4 is 28.9 Å². The monoisotopic (exact) mass is 383 g/mol. The Bertz CT molecular complexity index is 805. The third kappa shape index (κ3) is 4.46. The third-order valence-electron chi connectivity index (χ3n) is 4.26. The highest BCUT2D eigenvalue weighted by Crippen LogP contribution is 2.35. The molecular weight excluding hydrogens is 367 g/mol. The molecule has 2 N–H and O–H groups in total. The second-order valence-corrected chi connectivity index (χ2v) is 6.64. The van der Waals surface area contributed by atoms with E-state index in [4.69, 9.17) is 11.6 Å². The number of hydrogen-bond donors (Lipinski definition) is 2. The van der Waals surface area contributed by atoms with Crippen molar-refractivity contribution in [1.29, 1.82) is 0 Å². The topological polar surface area (TPSA) is 54.0 Å². The first-order chi connectivity index (χ1) is 12.3. The number of hydrogen-bond acceptors (Lipinski definition) is 3. The van der Waals surface area contributed by atoms with Gasteiger partial charge in [-0.05, 0) is 37.1 Å². The zero-order valence-electron chi connectivity index (χ0n) is 13.7. The molecule has 1 aromatic carbocycles. The molecule has 1 aliphatic carbocycles. The number of anilines is 2. The lowest BCUT2D eigenvalue weighted by atomic mass is 10.1. The fraction of sp³-hybridized carbons (Fsp3) is 0.333. The average molecular weight is 384 g/mol. The molecule has 1 fully saturated rings. The first-order valence-corrected chi connectivity index (χ1v) is 8.60. The highest BCUT2D eigenvalue weighted by Gasteiger charge is 2.31. The molecule has 2 aromatic rings. The van der Waals surface area contributed by atoms with Crippen molar-refractivity contribution in [3.8, 4) is 0 Å². The fourth-order valence-corrected chi connectivity index (χ4v) is 3.09. The van der Waals surface area contributed by atoms with Crippen LogP contribution in [0.2, 0.25) is 5.02 Å². The van der Waals surface area contributed by atoms with Crippen molar-refractivity contribution in [3.63, 3.8) is 0 Å². The number of alkyl halides is 3. The van der Waals surface area contributed by atoms with E-state index in [1.807, 2.05) is 0 Å². The van der Waals surface area contributed by atoms with E-state index in [2.05, 4.69) is 15.6 Å². The van der Waals surface area contributed by atoms with Crippen LogP contribution in [0.1, 0.15) is 41.6 Å². The van der Waals surface area contributed by atoms with Gasteiger partial charge in [0.25, 0.3) is 5.91 Å². The van der Waals surface area contributed by atoms with Gasteiger partial charge in [-0.15, -0.1) is 0 Å². The van der Waals surface area contributed by atoms with Gasteiger partial charge in [0.2, 0.25) is 0 Å². The third-order valence-corrected chi connectivity index (χ3v) is 4.59. The molecule has 0 atom stereocenters. The summed E-state index contributed by atoms with van der Waals surface area (Å²) >= 11 is 5.98. The summed E-state index contributed by atoms with van der Waals surface area (Å²) in [6.07, 6.45) is 2.47. The lowest BCUT2D eigenvalue weighted by molar-refractivity contribution is -0.137. The largest absolute Gasteiger partial charge is 0.416 e. The van der Waals surface area contributed by atoms with E-state index in [1.165, 1.54) is 24.5 Å². The van der Waals surface area contributed by atoms with Crippen LogP contribution >= 0.6 is 11.6 Å². The van der Waals surface area contributed by atoms with Gasteiger partial charge in [0, 0.05) is 12.2 Å². The van der Waals surface area contributed by atoms with Crippen LogP contribution in [0.4, 0.5) is 24.5 Å². The normalized spacial score (nSPS) is 15.1. The number of amides is 1. The molecule has 1 heterocycles. The molecule has 0 aliphatic heterocycles. The smallest absolute Gasteiger partial charge is 0.353 e. The van der Waals surface area contributed by atoms with Crippen molar-refractivity contribution in [2.75, 3.05) is 5.32 Å². The Balaban J connectivity index is 1.77. The summed E-state index contributed by atoms with van der Waals surface area (Å²) in [6, 6.07) is 4.72. The number of nitrogens with zero attached hydrogens (tertiary/aromatic N) is 1. The van der Waals surface area contributed by atoms with Gasteiger partial charge in [0.15, 0.2) is 0 Å². The van der Waals surface area contributed by atoms with E-state index in [1.54, 1.807) is 0 Å². The van der Waals surface area contributed by atoms with Crippen LogP contribution in [0.5, 0.6) is 0 Å². The Morgan fingerprint density at radius 1 is 1.15 bits per heavy atom. The summed E-state index contributed by atoms with van der Waals surface area (Å²) in [4.78, 5) is 16.3. The predicted molar refractivity (Wildman–Crippen MR) is 93.7 cm³/mol. The zero-order chi connectivity index (χ0) is 18.7. The van der Waals surface area contributed by atoms with E-state index >= 15 is 0 Å². The fourth-order valence-electron chi connectivity index (χ4n) is 2.92. The maximum Gasteiger partial charge on any atom is 0.416 e. The van der Waals surface area contributed by atoms with Gasteiger partial charge in [-0.25, -0.2) is 0 Å². The van der Waals surface area contributed by atoms with Gasteiger partial charge >= 0.3 is 6.18 Å². The minimum atomic E-state index is -4.47. The Morgan fingerprint density at radius 2 is 1.88 bits per heavy atom. The lowest BCUT2D eigenvalue weighted by Gasteiger charge is -2.14. The molecule has 8 heteroatoms. The van der Waals surface area contributed by atoms with E-state index in [9.17, 15) is 18.0 Å². The molecule has 26 heavy (non-hydrogen) atoms. The molecule has 1 amide bonds. The molecule has 4 nitrogen and oxygen atoms in total. The number of carbonyl (C=O) groups excluding carboxylic acids is 1. The van der Waals surface area contributed by atoms with Crippen LogP contribution < -0.4 is 10.6 Å². The summed E-state index contributed by atoms with van der Waals surface area (Å²) in [5.41, 5.74) is -0.000530. The molecule has 0 spiro atoms. The van der Waals surface area contributed by atoms with E-state index in [0.29, 0.717) is 11.3 Å². The molecule has 138 valence electrons. The Kier molecular flexibility index (Phi) is 5.36. The van der Waals surface area contributed by atoms with Crippen LogP contribution in [0, 0.1) is 0 Å². The molecule has 0 bridgehead atoms. The summed E-state index contributed by atoms with van der Waals surface area (Å²) in [6.45, 7) is 0. The average Bonchev–Trinajstić information content (AvgIpc) is 3.09. The predicted octanol–water partition coefficient (Wildman–Crippen LogP) is 5.17. The van der Waals surface area contributed by atoms with Crippen LogP contribution in [-0.2, 0) is 6.18 Å². The van der Waals surface area contributed by atoms with Gasteiger partial charge in [0.05, 0.1) is 33.7 Å². The van der Waals surface area contributed by atoms with Crippen molar-refractivity contribution < 1.29 is 18.0 Å². The maximum atomic E-state index is 12.9. The quantitative estimate of drug-likeness (QED) is 0.765. The van der Waals surface area contributed by atoms with Gasteiger partial charge in [-0.3, -0.25) is 9.78 Å². The van der Waals surface area contributed by atoms with Crippen LogP contribution in [0.15, 0.2) is 36.7 Å². The maximum absolute atomic E-state index is 12.9. The minimum Gasteiger partial charge on any atom is -0.353 e. The second-order valence-electron chi connectivity index (χ2n) is 6.23. The molecule has 0 unspecified atom stereocenters. The van der Waals surface area contributed by atoms with E-state index < -0.39 is 11.7 Å². The van der Waals surface area contributed by atoms with Crippen LogP contribution in [0.25, 0.3) is 0 Å². The van der Waals surface area contributed by atoms with E-state index in [-0.39, 0.29) is 22.7 Å². The highest BCUT2D eigenvalue weighted by atomic mass is 35.5. The van der Waals surface area contributed by atoms with Gasteiger partial charge < -0.3 is 10.6 Å². The number of pyridine rings is 1. The Labute approximate surface area is 153 Å². The lowest BCUT2D eigenvalue weighted by Crippen LogP contribution is -2.32. The molecule has 1 aliphatic rings. The van der Waals surface area contributed by atoms with Crippen LogP contribution in [-0.4, -0.2) is 16.9 Å². The molecule has 1 saturated carbocycles. The summed E-state index contributed by atoms with van der Waals surface area (Å²) in [5.74, 6) is -0.247. The number of benzene rings is 1. The van der Waals surface area contributed by atoms with Crippen molar-refractivity contribution in [2.24, 2.45) is 0 Å². The number of carbonyl (C=O) groups is 1. The number of rotatable bonds is 4. The number of nitrogens with one attached hydrogen (secondary N) is 2. The van der Waals surface area contributed by atoms with Crippen molar-refractivity contribution in [1.82, 2.24) is 10.3 Å². The van der Waals surface area contributed by atoms with Crippen molar-refractivity contribution in [3.05, 3.63) is 52.8 Å². The van der Waals surface area contributed by atoms with E-state index in [0.717, 1.165) is 37.8 Å². The zero-order valence-corrected chi connectivity index (χ0v) is 14.5. The SMILES string of the molecule is O=C(NC1CCCC1)c1cncc(Nc2cc(C(F)(F)F)ccc2Cl)c1. The first-order valence-electron chi connectivity index (χ1n) is 8.22. The van der Waals surface area contributed by atoms with Crippen LogP contribution in [0.3, 0.4) is 0 Å². The summed E-state index contributed by atoms with van der Waals surface area (Å²) in [5, 5.41) is 5.88. The standard InChI is InChI=1S/C18H17ClF3N3O/c19-15-6-5-12(18(20,21)22)8-16(15)24-14-7-11(9-23-10-14)17(26)25-13-3-1-2-4-13/h5-10,13,24H,1-4H2,(H,25,26). The molecule has 1 aromatic heterocycles. The Morgan fingerprint density at radius 3 is 2.58 bits per heavy atom. The van der Waals surface area contributed by atoms with Crippen molar-refractivity contribution in [2.45, 2.75) is 37.9 Å². The first kappa shape index (κ1) is 18.5. The minimum absolute atomic E-state index is 0.0941. The molecule has 0 saturated heterocycles.